The van der Waals surface area contributed by atoms with Crippen molar-refractivity contribution in [3.05, 3.63) is 52.0 Å². The number of hydrogen-bond donors (Lipinski definition) is 0. The molecule has 0 fully saturated rings. The van der Waals surface area contributed by atoms with Crippen LogP contribution in [0.15, 0.2) is 46.5 Å². The Hall–Kier alpha value is -1.55. The van der Waals surface area contributed by atoms with Crippen LogP contribution in [0.5, 0.6) is 0 Å². The number of allylic oxidation sites excluding steroid dienone is 3. The van der Waals surface area contributed by atoms with Gasteiger partial charge in [0.05, 0.1) is 0 Å². The van der Waals surface area contributed by atoms with E-state index >= 15 is 0 Å². The third kappa shape index (κ3) is 3.55. The van der Waals surface area contributed by atoms with E-state index in [9.17, 15) is 0 Å². The quantitative estimate of drug-likeness (QED) is 0.611. The van der Waals surface area contributed by atoms with E-state index in [1.54, 1.807) is 12.1 Å². The summed E-state index contributed by atoms with van der Waals surface area (Å²) in [6.07, 6.45) is 2.93. The first-order chi connectivity index (χ1) is 7.67. The Balaban J connectivity index is 2.96. The molecular formula is C12H6BrClN2. The van der Waals surface area contributed by atoms with Crippen LogP contribution < -0.4 is 0 Å². The van der Waals surface area contributed by atoms with E-state index in [0.717, 1.165) is 10.0 Å². The molecule has 0 heterocycles. The Morgan fingerprint density at radius 2 is 1.69 bits per heavy atom. The number of hydrogen-bond acceptors (Lipinski definition) is 2. The molecule has 0 bridgehead atoms. The maximum atomic E-state index is 8.53. The lowest BCUT2D eigenvalue weighted by molar-refractivity contribution is 1.46. The molecular weight excluding hydrogens is 288 g/mol. The monoisotopic (exact) mass is 292 g/mol. The second-order valence-corrected chi connectivity index (χ2v) is 4.15. The Bertz CT molecular complexity index is 499. The molecule has 4 heteroatoms. The number of nitriles is 2. The van der Waals surface area contributed by atoms with Gasteiger partial charge >= 0.3 is 0 Å². The summed E-state index contributed by atoms with van der Waals surface area (Å²) in [7, 11) is 0. The predicted molar refractivity (Wildman–Crippen MR) is 67.3 cm³/mol. The van der Waals surface area contributed by atoms with E-state index in [-0.39, 0.29) is 5.57 Å². The topological polar surface area (TPSA) is 47.6 Å². The maximum absolute atomic E-state index is 8.53. The second-order valence-electron chi connectivity index (χ2n) is 2.83. The SMILES string of the molecule is N#CC(C#N)=CC=C(Cl)c1ccc(Br)cc1. The van der Waals surface area contributed by atoms with Gasteiger partial charge in [-0.1, -0.05) is 39.7 Å². The number of nitrogens with zero attached hydrogens (tertiary/aromatic N) is 2. The van der Waals surface area contributed by atoms with Crippen LogP contribution in [0.1, 0.15) is 5.56 Å². The summed E-state index contributed by atoms with van der Waals surface area (Å²) >= 11 is 9.32. The van der Waals surface area contributed by atoms with Crippen LogP contribution in [0.4, 0.5) is 0 Å². The molecule has 1 rings (SSSR count). The molecule has 0 aliphatic heterocycles. The molecule has 0 saturated carbocycles. The molecule has 0 aliphatic carbocycles. The highest BCUT2D eigenvalue weighted by Crippen LogP contribution is 2.21. The third-order valence-electron chi connectivity index (χ3n) is 1.76. The summed E-state index contributed by atoms with van der Waals surface area (Å²) in [5.41, 5.74) is 0.853. The Morgan fingerprint density at radius 1 is 1.12 bits per heavy atom. The standard InChI is InChI=1S/C12H6BrClN2/c13-11-4-2-10(3-5-11)12(14)6-1-9(7-15)8-16/h1-6H. The van der Waals surface area contributed by atoms with Crippen LogP contribution in [-0.2, 0) is 0 Å². The van der Waals surface area contributed by atoms with Gasteiger partial charge in [-0.05, 0) is 29.8 Å². The minimum atomic E-state index is 0.0234. The highest BCUT2D eigenvalue weighted by molar-refractivity contribution is 9.10. The van der Waals surface area contributed by atoms with Gasteiger partial charge in [0.1, 0.15) is 17.7 Å². The van der Waals surface area contributed by atoms with Crippen LogP contribution in [0.2, 0.25) is 0 Å². The van der Waals surface area contributed by atoms with Gasteiger partial charge in [-0.25, -0.2) is 0 Å². The zero-order chi connectivity index (χ0) is 12.0. The fourth-order valence-corrected chi connectivity index (χ4v) is 1.41. The van der Waals surface area contributed by atoms with Crippen LogP contribution in [-0.4, -0.2) is 0 Å². The zero-order valence-electron chi connectivity index (χ0n) is 8.11. The average molecular weight is 294 g/mol. The van der Waals surface area contributed by atoms with Gasteiger partial charge < -0.3 is 0 Å². The van der Waals surface area contributed by atoms with Crippen LogP contribution >= 0.6 is 27.5 Å². The highest BCUT2D eigenvalue weighted by Gasteiger charge is 1.97. The van der Waals surface area contributed by atoms with E-state index in [0.29, 0.717) is 5.03 Å². The van der Waals surface area contributed by atoms with Crippen molar-refractivity contribution in [3.8, 4) is 12.1 Å². The lowest BCUT2D eigenvalue weighted by atomic mass is 10.2. The van der Waals surface area contributed by atoms with Gasteiger partial charge in [0, 0.05) is 9.51 Å². The van der Waals surface area contributed by atoms with E-state index < -0.39 is 0 Å². The third-order valence-corrected chi connectivity index (χ3v) is 2.63. The molecule has 1 aromatic carbocycles. The first-order valence-corrected chi connectivity index (χ1v) is 5.48. The number of benzene rings is 1. The van der Waals surface area contributed by atoms with E-state index in [1.165, 1.54) is 12.2 Å². The maximum Gasteiger partial charge on any atom is 0.129 e. The molecule has 0 aliphatic rings. The van der Waals surface area contributed by atoms with Gasteiger partial charge in [0.25, 0.3) is 0 Å². The summed E-state index contributed by atoms with van der Waals surface area (Å²) in [5.74, 6) is 0. The van der Waals surface area contributed by atoms with Crippen molar-refractivity contribution in [2.75, 3.05) is 0 Å². The second kappa shape index (κ2) is 6.12. The van der Waals surface area contributed by atoms with Crippen LogP contribution in [0, 0.1) is 22.7 Å². The normalized spacial score (nSPS) is 10.1. The molecule has 1 aromatic rings. The van der Waals surface area contributed by atoms with Crippen molar-refractivity contribution in [1.29, 1.82) is 10.5 Å². The van der Waals surface area contributed by atoms with Gasteiger partial charge in [0.15, 0.2) is 0 Å². The van der Waals surface area contributed by atoms with Gasteiger partial charge in [-0.3, -0.25) is 0 Å². The summed E-state index contributed by atoms with van der Waals surface area (Å²) in [5, 5.41) is 17.5. The van der Waals surface area contributed by atoms with E-state index in [1.807, 2.05) is 24.3 Å². The summed E-state index contributed by atoms with van der Waals surface area (Å²) in [4.78, 5) is 0. The molecule has 0 atom stereocenters. The largest absolute Gasteiger partial charge is 0.192 e. The molecule has 78 valence electrons. The minimum absolute atomic E-state index is 0.0234. The average Bonchev–Trinajstić information content (AvgIpc) is 2.31. The Kier molecular flexibility index (Phi) is 4.79. The van der Waals surface area contributed by atoms with Crippen LogP contribution in [0.3, 0.4) is 0 Å². The minimum Gasteiger partial charge on any atom is -0.192 e. The first-order valence-electron chi connectivity index (χ1n) is 4.31. The smallest absolute Gasteiger partial charge is 0.129 e. The predicted octanol–water partition coefficient (Wildman–Crippen LogP) is 4.00. The van der Waals surface area contributed by atoms with Crippen molar-refractivity contribution in [2.45, 2.75) is 0 Å². The number of rotatable bonds is 2. The van der Waals surface area contributed by atoms with Crippen molar-refractivity contribution >= 4 is 32.6 Å². The molecule has 0 saturated heterocycles. The lowest BCUT2D eigenvalue weighted by Crippen LogP contribution is -1.76. The summed E-state index contributed by atoms with van der Waals surface area (Å²) in [6.45, 7) is 0. The fraction of sp³-hybridized carbons (Fsp3) is 0. The molecule has 0 radical (unpaired) electrons. The molecule has 0 N–H and O–H groups in total. The number of halogens is 2. The van der Waals surface area contributed by atoms with Crippen molar-refractivity contribution in [2.24, 2.45) is 0 Å². The molecule has 0 amide bonds. The summed E-state index contributed by atoms with van der Waals surface area (Å²) in [6, 6.07) is 10.9. The molecule has 0 spiro atoms. The molecule has 2 nitrogen and oxygen atoms in total. The molecule has 0 aromatic heterocycles. The van der Waals surface area contributed by atoms with Gasteiger partial charge in [-0.2, -0.15) is 10.5 Å². The van der Waals surface area contributed by atoms with Crippen molar-refractivity contribution in [3.63, 3.8) is 0 Å². The zero-order valence-corrected chi connectivity index (χ0v) is 10.5. The van der Waals surface area contributed by atoms with Crippen LogP contribution in [0.25, 0.3) is 5.03 Å². The molecule has 0 unspecified atom stereocenters. The van der Waals surface area contributed by atoms with Crippen molar-refractivity contribution in [1.82, 2.24) is 0 Å². The fourth-order valence-electron chi connectivity index (χ4n) is 0.961. The van der Waals surface area contributed by atoms with E-state index in [2.05, 4.69) is 15.9 Å². The summed E-state index contributed by atoms with van der Waals surface area (Å²) < 4.78 is 0.964. The van der Waals surface area contributed by atoms with Gasteiger partial charge in [-0.15, -0.1) is 0 Å². The van der Waals surface area contributed by atoms with Crippen molar-refractivity contribution < 1.29 is 0 Å². The Labute approximate surface area is 107 Å². The Morgan fingerprint density at radius 3 is 2.19 bits per heavy atom. The molecule has 16 heavy (non-hydrogen) atoms. The van der Waals surface area contributed by atoms with E-state index in [4.69, 9.17) is 22.1 Å². The lowest BCUT2D eigenvalue weighted by Gasteiger charge is -1.97. The highest BCUT2D eigenvalue weighted by atomic mass is 79.9. The first kappa shape index (κ1) is 12.5. The van der Waals surface area contributed by atoms with Gasteiger partial charge in [0.2, 0.25) is 0 Å².